The van der Waals surface area contributed by atoms with Gasteiger partial charge < -0.3 is 15.7 Å². The molecular formula is C10H10BrN3O5. The van der Waals surface area contributed by atoms with Crippen molar-refractivity contribution in [1.82, 2.24) is 5.32 Å². The highest BCUT2D eigenvalue weighted by molar-refractivity contribution is 9.10. The zero-order valence-electron chi connectivity index (χ0n) is 9.71. The van der Waals surface area contributed by atoms with E-state index in [-0.39, 0.29) is 11.4 Å². The van der Waals surface area contributed by atoms with Crippen molar-refractivity contribution in [2.75, 3.05) is 5.32 Å². The zero-order valence-corrected chi connectivity index (χ0v) is 11.3. The van der Waals surface area contributed by atoms with Gasteiger partial charge >= 0.3 is 12.0 Å². The highest BCUT2D eigenvalue weighted by atomic mass is 79.9. The molecule has 8 nitrogen and oxygen atoms in total. The molecule has 3 N–H and O–H groups in total. The SMILES string of the molecule is CC(NC(=O)Nc1cc([N+](=O)[O-])ccc1Br)C(=O)O. The molecule has 1 atom stereocenters. The van der Waals surface area contributed by atoms with Gasteiger partial charge in [0.1, 0.15) is 6.04 Å². The number of amides is 2. The fourth-order valence-electron chi connectivity index (χ4n) is 1.14. The molecule has 1 unspecified atom stereocenters. The Morgan fingerprint density at radius 2 is 2.11 bits per heavy atom. The third-order valence-electron chi connectivity index (χ3n) is 2.13. The van der Waals surface area contributed by atoms with Crippen molar-refractivity contribution in [3.63, 3.8) is 0 Å². The normalized spacial score (nSPS) is 11.5. The molecule has 0 radical (unpaired) electrons. The van der Waals surface area contributed by atoms with Gasteiger partial charge in [0.25, 0.3) is 5.69 Å². The summed E-state index contributed by atoms with van der Waals surface area (Å²) in [4.78, 5) is 32.0. The highest BCUT2D eigenvalue weighted by Gasteiger charge is 2.16. The van der Waals surface area contributed by atoms with E-state index < -0.39 is 23.0 Å². The van der Waals surface area contributed by atoms with Gasteiger partial charge in [0.15, 0.2) is 0 Å². The number of benzene rings is 1. The maximum atomic E-state index is 11.5. The van der Waals surface area contributed by atoms with Crippen LogP contribution in [-0.2, 0) is 4.79 Å². The van der Waals surface area contributed by atoms with Gasteiger partial charge in [-0.1, -0.05) is 0 Å². The third kappa shape index (κ3) is 4.21. The van der Waals surface area contributed by atoms with Crippen molar-refractivity contribution in [3.05, 3.63) is 32.8 Å². The smallest absolute Gasteiger partial charge is 0.325 e. The lowest BCUT2D eigenvalue weighted by molar-refractivity contribution is -0.384. The molecule has 0 aromatic heterocycles. The van der Waals surface area contributed by atoms with Crippen LogP contribution in [-0.4, -0.2) is 28.1 Å². The second-order valence-corrected chi connectivity index (χ2v) is 4.43. The van der Waals surface area contributed by atoms with Crippen LogP contribution in [0.3, 0.4) is 0 Å². The monoisotopic (exact) mass is 331 g/mol. The zero-order chi connectivity index (χ0) is 14.6. The number of nitro benzene ring substituents is 1. The summed E-state index contributed by atoms with van der Waals surface area (Å²) in [5, 5.41) is 23.7. The molecule has 0 fully saturated rings. The van der Waals surface area contributed by atoms with Gasteiger partial charge in [-0.15, -0.1) is 0 Å². The molecular weight excluding hydrogens is 322 g/mol. The fraction of sp³-hybridized carbons (Fsp3) is 0.200. The molecule has 1 aromatic rings. The standard InChI is InChI=1S/C10H10BrN3O5/c1-5(9(15)16)12-10(17)13-8-4-6(14(18)19)2-3-7(8)11/h2-5H,1H3,(H,15,16)(H2,12,13,17). The summed E-state index contributed by atoms with van der Waals surface area (Å²) in [6, 6.07) is 2.00. The number of nitrogens with one attached hydrogen (secondary N) is 2. The maximum absolute atomic E-state index is 11.5. The maximum Gasteiger partial charge on any atom is 0.325 e. The van der Waals surface area contributed by atoms with Gasteiger partial charge in [-0.05, 0) is 28.9 Å². The van der Waals surface area contributed by atoms with Gasteiger partial charge in [-0.2, -0.15) is 0 Å². The molecule has 1 rings (SSSR count). The van der Waals surface area contributed by atoms with Crippen molar-refractivity contribution >= 4 is 39.3 Å². The minimum atomic E-state index is -1.19. The topological polar surface area (TPSA) is 122 Å². The number of carboxylic acids is 1. The van der Waals surface area contributed by atoms with E-state index in [1.807, 2.05) is 0 Å². The second kappa shape index (κ2) is 6.14. The van der Waals surface area contributed by atoms with E-state index in [9.17, 15) is 19.7 Å². The molecule has 0 heterocycles. The van der Waals surface area contributed by atoms with Crippen LogP contribution in [0.15, 0.2) is 22.7 Å². The number of carbonyl (C=O) groups is 2. The van der Waals surface area contributed by atoms with Crippen molar-refractivity contribution in [2.45, 2.75) is 13.0 Å². The van der Waals surface area contributed by atoms with E-state index in [0.717, 1.165) is 6.07 Å². The summed E-state index contributed by atoms with van der Waals surface area (Å²) < 4.78 is 0.441. The number of urea groups is 1. The Labute approximate surface area is 116 Å². The third-order valence-corrected chi connectivity index (χ3v) is 2.82. The molecule has 2 amide bonds. The predicted octanol–water partition coefficient (Wildman–Crippen LogP) is 1.95. The van der Waals surface area contributed by atoms with Crippen LogP contribution in [0.25, 0.3) is 0 Å². The highest BCUT2D eigenvalue weighted by Crippen LogP contribution is 2.26. The molecule has 0 aliphatic rings. The first-order valence-electron chi connectivity index (χ1n) is 5.05. The molecule has 0 spiro atoms. The van der Waals surface area contributed by atoms with Gasteiger partial charge in [0.2, 0.25) is 0 Å². The molecule has 1 aromatic carbocycles. The number of rotatable bonds is 4. The summed E-state index contributed by atoms with van der Waals surface area (Å²) in [6.45, 7) is 1.30. The number of carboxylic acid groups (broad SMARTS) is 1. The number of hydrogen-bond acceptors (Lipinski definition) is 4. The number of anilines is 1. The first-order valence-corrected chi connectivity index (χ1v) is 5.85. The summed E-state index contributed by atoms with van der Waals surface area (Å²) >= 11 is 3.12. The van der Waals surface area contributed by atoms with Crippen molar-refractivity contribution < 1.29 is 19.6 Å². The van der Waals surface area contributed by atoms with Crippen molar-refractivity contribution in [1.29, 1.82) is 0 Å². The Balaban J connectivity index is 2.81. The summed E-state index contributed by atoms with van der Waals surface area (Å²) in [6.07, 6.45) is 0. The lowest BCUT2D eigenvalue weighted by Crippen LogP contribution is -2.40. The minimum absolute atomic E-state index is 0.171. The summed E-state index contributed by atoms with van der Waals surface area (Å²) in [5.74, 6) is -1.19. The Kier molecular flexibility index (Phi) is 4.81. The Bertz CT molecular complexity index is 534. The van der Waals surface area contributed by atoms with E-state index in [2.05, 4.69) is 26.6 Å². The van der Waals surface area contributed by atoms with Crippen LogP contribution in [0.2, 0.25) is 0 Å². The van der Waals surface area contributed by atoms with Crippen LogP contribution < -0.4 is 10.6 Å². The van der Waals surface area contributed by atoms with Gasteiger partial charge in [0, 0.05) is 16.6 Å². The van der Waals surface area contributed by atoms with Crippen LogP contribution in [0.4, 0.5) is 16.2 Å². The largest absolute Gasteiger partial charge is 0.480 e. The van der Waals surface area contributed by atoms with Crippen LogP contribution in [0.5, 0.6) is 0 Å². The molecule has 0 aliphatic heterocycles. The number of carbonyl (C=O) groups excluding carboxylic acids is 1. The molecule has 0 aliphatic carbocycles. The quantitative estimate of drug-likeness (QED) is 0.575. The molecule has 0 saturated carbocycles. The number of non-ortho nitro benzene ring substituents is 1. The fourth-order valence-corrected chi connectivity index (χ4v) is 1.49. The molecule has 102 valence electrons. The van der Waals surface area contributed by atoms with E-state index >= 15 is 0 Å². The number of nitro groups is 1. The van der Waals surface area contributed by atoms with E-state index in [1.165, 1.54) is 19.1 Å². The number of halogens is 1. The van der Waals surface area contributed by atoms with Gasteiger partial charge in [-0.25, -0.2) is 4.79 Å². The lowest BCUT2D eigenvalue weighted by Gasteiger charge is -2.11. The van der Waals surface area contributed by atoms with E-state index in [1.54, 1.807) is 0 Å². The molecule has 9 heteroatoms. The first kappa shape index (κ1) is 14.9. The Hall–Kier alpha value is -2.16. The summed E-state index contributed by atoms with van der Waals surface area (Å²) in [7, 11) is 0. The Morgan fingerprint density at radius 3 is 2.63 bits per heavy atom. The van der Waals surface area contributed by atoms with Crippen LogP contribution in [0.1, 0.15) is 6.92 Å². The second-order valence-electron chi connectivity index (χ2n) is 3.58. The van der Waals surface area contributed by atoms with Gasteiger partial charge in [-0.3, -0.25) is 14.9 Å². The molecule has 19 heavy (non-hydrogen) atoms. The van der Waals surface area contributed by atoms with Crippen LogP contribution >= 0.6 is 15.9 Å². The van der Waals surface area contributed by atoms with Crippen molar-refractivity contribution in [2.24, 2.45) is 0 Å². The number of nitrogens with zero attached hydrogens (tertiary/aromatic N) is 1. The number of hydrogen-bond donors (Lipinski definition) is 3. The Morgan fingerprint density at radius 1 is 1.47 bits per heavy atom. The lowest BCUT2D eigenvalue weighted by atomic mass is 10.3. The predicted molar refractivity (Wildman–Crippen MR) is 70.0 cm³/mol. The van der Waals surface area contributed by atoms with E-state index in [4.69, 9.17) is 5.11 Å². The van der Waals surface area contributed by atoms with Gasteiger partial charge in [0.05, 0.1) is 10.6 Å². The van der Waals surface area contributed by atoms with Crippen molar-refractivity contribution in [3.8, 4) is 0 Å². The molecule has 0 bridgehead atoms. The average molecular weight is 332 g/mol. The summed E-state index contributed by atoms with van der Waals surface area (Å²) in [5.41, 5.74) is -0.0194. The molecule has 0 saturated heterocycles. The first-order chi connectivity index (χ1) is 8.81. The number of aliphatic carboxylic acids is 1. The van der Waals surface area contributed by atoms with Crippen LogP contribution in [0, 0.1) is 10.1 Å². The van der Waals surface area contributed by atoms with E-state index in [0.29, 0.717) is 4.47 Å². The average Bonchev–Trinajstić information content (AvgIpc) is 2.31. The minimum Gasteiger partial charge on any atom is -0.480 e.